The van der Waals surface area contributed by atoms with Crippen molar-refractivity contribution in [3.63, 3.8) is 0 Å². The van der Waals surface area contributed by atoms with Crippen LogP contribution >= 0.6 is 12.4 Å². The van der Waals surface area contributed by atoms with Gasteiger partial charge in [-0.25, -0.2) is 4.39 Å². The van der Waals surface area contributed by atoms with Gasteiger partial charge in [0, 0.05) is 35.4 Å². The monoisotopic (exact) mass is 441 g/mol. The first-order valence-corrected chi connectivity index (χ1v) is 10.9. The zero-order chi connectivity index (χ0) is 20.8. The van der Waals surface area contributed by atoms with Gasteiger partial charge in [0.2, 0.25) is 0 Å². The molecule has 31 heavy (non-hydrogen) atoms. The van der Waals surface area contributed by atoms with Gasteiger partial charge in [-0.2, -0.15) is 0 Å². The first-order chi connectivity index (χ1) is 14.7. The second-order valence-corrected chi connectivity index (χ2v) is 7.89. The summed E-state index contributed by atoms with van der Waals surface area (Å²) in [6.07, 6.45) is 7.62. The Morgan fingerprint density at radius 2 is 1.68 bits per heavy atom. The van der Waals surface area contributed by atoms with Crippen LogP contribution in [0.2, 0.25) is 0 Å². The number of carbonyl (C=O) groups excluding carboxylic acids is 1. The molecule has 1 aliphatic rings. The standard InChI is InChI=1S/C25H28FN3O.ClH/c26-19-14-12-18(13-15-19)25(30)28-17-7-1-6-16-27-24-20-8-2-4-10-22(20)29-23-11-5-3-9-21(23)24;/h2,4,8,10,12-15H,1,3,5-7,9,11,16-17H2,(H,27,29)(H,28,30);1H. The van der Waals surface area contributed by atoms with Gasteiger partial charge in [-0.05, 0) is 80.8 Å². The second-order valence-electron chi connectivity index (χ2n) is 7.89. The third-order valence-corrected chi connectivity index (χ3v) is 5.72. The Kier molecular flexibility index (Phi) is 8.24. The van der Waals surface area contributed by atoms with Crippen molar-refractivity contribution in [3.05, 3.63) is 71.2 Å². The second kappa shape index (κ2) is 11.1. The number of nitrogens with one attached hydrogen (secondary N) is 2. The number of fused-ring (bicyclic) bond motifs is 2. The Morgan fingerprint density at radius 3 is 2.52 bits per heavy atom. The average Bonchev–Trinajstić information content (AvgIpc) is 2.78. The largest absolute Gasteiger partial charge is 0.384 e. The van der Waals surface area contributed by atoms with Gasteiger partial charge in [0.05, 0.1) is 5.52 Å². The van der Waals surface area contributed by atoms with Gasteiger partial charge in [-0.15, -0.1) is 12.4 Å². The van der Waals surface area contributed by atoms with Crippen LogP contribution in [0, 0.1) is 5.82 Å². The number of aromatic nitrogens is 1. The molecule has 3 aromatic rings. The Balaban J connectivity index is 0.00000272. The zero-order valence-electron chi connectivity index (χ0n) is 17.6. The van der Waals surface area contributed by atoms with Crippen LogP contribution in [-0.4, -0.2) is 24.0 Å². The fraction of sp³-hybridized carbons (Fsp3) is 0.360. The van der Waals surface area contributed by atoms with E-state index in [9.17, 15) is 9.18 Å². The van der Waals surface area contributed by atoms with Crippen molar-refractivity contribution in [2.24, 2.45) is 0 Å². The van der Waals surface area contributed by atoms with Crippen molar-refractivity contribution in [3.8, 4) is 0 Å². The molecule has 0 atom stereocenters. The van der Waals surface area contributed by atoms with Crippen molar-refractivity contribution in [1.29, 1.82) is 0 Å². The van der Waals surface area contributed by atoms with E-state index in [2.05, 4.69) is 34.9 Å². The molecule has 1 amide bonds. The minimum Gasteiger partial charge on any atom is -0.384 e. The predicted molar refractivity (Wildman–Crippen MR) is 127 cm³/mol. The molecule has 1 aliphatic carbocycles. The number of nitrogens with zero attached hydrogens (tertiary/aromatic N) is 1. The Hall–Kier alpha value is -2.66. The summed E-state index contributed by atoms with van der Waals surface area (Å²) in [7, 11) is 0. The molecule has 2 N–H and O–H groups in total. The molecule has 2 aromatic carbocycles. The first kappa shape index (κ1) is 23.0. The van der Waals surface area contributed by atoms with Crippen LogP contribution in [-0.2, 0) is 12.8 Å². The third-order valence-electron chi connectivity index (χ3n) is 5.72. The van der Waals surface area contributed by atoms with E-state index in [1.54, 1.807) is 0 Å². The van der Waals surface area contributed by atoms with E-state index < -0.39 is 0 Å². The van der Waals surface area contributed by atoms with Crippen molar-refractivity contribution in [2.45, 2.75) is 44.9 Å². The highest BCUT2D eigenvalue weighted by molar-refractivity contribution is 5.94. The van der Waals surface area contributed by atoms with Gasteiger partial charge in [-0.1, -0.05) is 18.2 Å². The summed E-state index contributed by atoms with van der Waals surface area (Å²) in [6.45, 7) is 1.54. The summed E-state index contributed by atoms with van der Waals surface area (Å²) in [5.41, 5.74) is 5.48. The number of anilines is 1. The maximum Gasteiger partial charge on any atom is 0.251 e. The number of hydrogen-bond donors (Lipinski definition) is 2. The number of pyridine rings is 1. The number of hydrogen-bond acceptors (Lipinski definition) is 3. The maximum atomic E-state index is 12.9. The lowest BCUT2D eigenvalue weighted by molar-refractivity contribution is 0.0953. The highest BCUT2D eigenvalue weighted by Crippen LogP contribution is 2.33. The summed E-state index contributed by atoms with van der Waals surface area (Å²) in [4.78, 5) is 16.9. The molecule has 4 rings (SSSR count). The minimum absolute atomic E-state index is 0. The van der Waals surface area contributed by atoms with E-state index in [1.807, 2.05) is 0 Å². The number of amides is 1. The molecule has 0 bridgehead atoms. The van der Waals surface area contributed by atoms with Gasteiger partial charge < -0.3 is 10.6 Å². The first-order valence-electron chi connectivity index (χ1n) is 10.9. The van der Waals surface area contributed by atoms with Crippen molar-refractivity contribution < 1.29 is 9.18 Å². The smallest absolute Gasteiger partial charge is 0.251 e. The molecule has 164 valence electrons. The molecule has 0 saturated carbocycles. The molecule has 1 heterocycles. The van der Waals surface area contributed by atoms with Crippen LogP contribution in [0.1, 0.15) is 53.7 Å². The summed E-state index contributed by atoms with van der Waals surface area (Å²) in [6, 6.07) is 14.0. The number of rotatable bonds is 8. The topological polar surface area (TPSA) is 54.0 Å². The maximum absolute atomic E-state index is 12.9. The van der Waals surface area contributed by atoms with E-state index >= 15 is 0 Å². The molecule has 0 radical (unpaired) electrons. The molecule has 0 unspecified atom stereocenters. The van der Waals surface area contributed by atoms with Crippen LogP contribution in [0.25, 0.3) is 10.9 Å². The molecule has 0 spiro atoms. The normalized spacial score (nSPS) is 12.7. The summed E-state index contributed by atoms with van der Waals surface area (Å²) < 4.78 is 12.9. The minimum atomic E-state index is -0.331. The number of aryl methyl sites for hydroxylation is 1. The lowest BCUT2D eigenvalue weighted by Crippen LogP contribution is -2.24. The summed E-state index contributed by atoms with van der Waals surface area (Å²) in [5.74, 6) is -0.481. The highest BCUT2D eigenvalue weighted by atomic mass is 35.5. The zero-order valence-corrected chi connectivity index (χ0v) is 18.4. The highest BCUT2D eigenvalue weighted by Gasteiger charge is 2.17. The average molecular weight is 442 g/mol. The van der Waals surface area contributed by atoms with Crippen molar-refractivity contribution in [1.82, 2.24) is 10.3 Å². The number of benzene rings is 2. The molecule has 0 saturated heterocycles. The lowest BCUT2D eigenvalue weighted by Gasteiger charge is -2.21. The Morgan fingerprint density at radius 1 is 0.935 bits per heavy atom. The fourth-order valence-electron chi connectivity index (χ4n) is 4.12. The number of unbranched alkanes of at least 4 members (excludes halogenated alkanes) is 2. The number of para-hydroxylation sites is 1. The fourth-order valence-corrected chi connectivity index (χ4v) is 4.12. The molecule has 0 fully saturated rings. The van der Waals surface area contributed by atoms with Gasteiger partial charge in [-0.3, -0.25) is 9.78 Å². The Labute approximate surface area is 189 Å². The van der Waals surface area contributed by atoms with Gasteiger partial charge in [0.15, 0.2) is 0 Å². The molecule has 6 heteroatoms. The van der Waals surface area contributed by atoms with Gasteiger partial charge in [0.1, 0.15) is 5.82 Å². The van der Waals surface area contributed by atoms with Crippen LogP contribution in [0.5, 0.6) is 0 Å². The van der Waals surface area contributed by atoms with Gasteiger partial charge in [0.25, 0.3) is 5.91 Å². The predicted octanol–water partition coefficient (Wildman–Crippen LogP) is 5.69. The summed E-state index contributed by atoms with van der Waals surface area (Å²) >= 11 is 0. The quantitative estimate of drug-likeness (QED) is 0.442. The van der Waals surface area contributed by atoms with Crippen molar-refractivity contribution in [2.75, 3.05) is 18.4 Å². The van der Waals surface area contributed by atoms with E-state index in [1.165, 1.54) is 59.4 Å². The molecular weight excluding hydrogens is 413 g/mol. The molecular formula is C25H29ClFN3O. The molecule has 0 aliphatic heterocycles. The van der Waals surface area contributed by atoms with Crippen molar-refractivity contribution >= 4 is 34.9 Å². The van der Waals surface area contributed by atoms with E-state index in [0.29, 0.717) is 12.1 Å². The van der Waals surface area contributed by atoms with Crippen LogP contribution in [0.3, 0.4) is 0 Å². The number of carbonyl (C=O) groups is 1. The van der Waals surface area contributed by atoms with E-state index in [-0.39, 0.29) is 24.1 Å². The number of halogens is 2. The SMILES string of the molecule is Cl.O=C(NCCCCCNc1c2c(nc3ccccc13)CCCC2)c1ccc(F)cc1. The lowest BCUT2D eigenvalue weighted by atomic mass is 9.92. The summed E-state index contributed by atoms with van der Waals surface area (Å²) in [5, 5.41) is 7.80. The van der Waals surface area contributed by atoms with E-state index in [4.69, 9.17) is 4.98 Å². The Bertz CT molecular complexity index is 1020. The molecule has 4 nitrogen and oxygen atoms in total. The van der Waals surface area contributed by atoms with E-state index in [0.717, 1.165) is 44.2 Å². The third kappa shape index (κ3) is 5.73. The van der Waals surface area contributed by atoms with Crippen LogP contribution in [0.15, 0.2) is 48.5 Å². The van der Waals surface area contributed by atoms with Crippen LogP contribution < -0.4 is 10.6 Å². The van der Waals surface area contributed by atoms with Crippen LogP contribution in [0.4, 0.5) is 10.1 Å². The molecule has 1 aromatic heterocycles. The van der Waals surface area contributed by atoms with Gasteiger partial charge >= 0.3 is 0 Å².